The molecule has 1 unspecified atom stereocenters. The fourth-order valence-electron chi connectivity index (χ4n) is 5.35. The summed E-state index contributed by atoms with van der Waals surface area (Å²) in [7, 11) is 0. The van der Waals surface area contributed by atoms with Crippen LogP contribution in [0.4, 0.5) is 4.79 Å². The van der Waals surface area contributed by atoms with Crippen LogP contribution in [0.15, 0.2) is 84.9 Å². The molecule has 0 bridgehead atoms. The number of benzene rings is 3. The van der Waals surface area contributed by atoms with Crippen LogP contribution in [0.3, 0.4) is 0 Å². The van der Waals surface area contributed by atoms with Crippen molar-refractivity contribution in [1.29, 1.82) is 0 Å². The normalized spacial score (nSPS) is 26.8. The predicted octanol–water partition coefficient (Wildman–Crippen LogP) is 2.79. The summed E-state index contributed by atoms with van der Waals surface area (Å²) in [6.45, 7) is 0.194. The molecule has 6 rings (SSSR count). The first kappa shape index (κ1) is 28.0. The third-order valence-corrected chi connectivity index (χ3v) is 7.39. The van der Waals surface area contributed by atoms with Gasteiger partial charge in [0.1, 0.15) is 31.0 Å². The number of nitrogens with one attached hydrogen (secondary N) is 1. The number of aliphatic hydroxyl groups is 1. The molecule has 6 atom stereocenters. The first-order chi connectivity index (χ1) is 20.5. The first-order valence-corrected chi connectivity index (χ1v) is 13.7. The quantitative estimate of drug-likeness (QED) is 0.308. The first-order valence-electron chi connectivity index (χ1n) is 13.7. The van der Waals surface area contributed by atoms with Crippen LogP contribution in [0, 0.1) is 0 Å². The van der Waals surface area contributed by atoms with Crippen LogP contribution in [-0.2, 0) is 30.3 Å². The zero-order chi connectivity index (χ0) is 29.1. The number of nitrogens with zero attached hydrogens (tertiary/aromatic N) is 1. The SMILES string of the molecule is O=C(NCCO[C@@H]1O[C@@H]2COC(c3ccccc3)O[C@H]2[C@H](O)[C@H]1N1C(=O)c2ccccc2C1=O)OCc1ccccc1. The number of carbonyl (C=O) groups excluding carboxylic acids is 3. The van der Waals surface area contributed by atoms with E-state index in [1.807, 2.05) is 60.7 Å². The van der Waals surface area contributed by atoms with Gasteiger partial charge in [-0.1, -0.05) is 72.8 Å². The highest BCUT2D eigenvalue weighted by Crippen LogP contribution is 2.38. The number of hydrogen-bond acceptors (Lipinski definition) is 9. The van der Waals surface area contributed by atoms with E-state index in [4.69, 9.17) is 23.7 Å². The molecule has 0 saturated carbocycles. The van der Waals surface area contributed by atoms with Crippen LogP contribution < -0.4 is 5.32 Å². The molecule has 42 heavy (non-hydrogen) atoms. The van der Waals surface area contributed by atoms with Gasteiger partial charge < -0.3 is 34.1 Å². The van der Waals surface area contributed by atoms with Gasteiger partial charge in [0.25, 0.3) is 11.8 Å². The fraction of sp³-hybridized carbons (Fsp3) is 0.323. The molecule has 3 heterocycles. The molecule has 3 aliphatic heterocycles. The third kappa shape index (κ3) is 5.65. The van der Waals surface area contributed by atoms with Crippen LogP contribution in [0.2, 0.25) is 0 Å². The lowest BCUT2D eigenvalue weighted by atomic mass is 9.94. The number of carbonyl (C=O) groups is 3. The second-order valence-electron chi connectivity index (χ2n) is 10.1. The van der Waals surface area contributed by atoms with Crippen molar-refractivity contribution in [2.75, 3.05) is 19.8 Å². The molecule has 0 aromatic heterocycles. The van der Waals surface area contributed by atoms with E-state index in [9.17, 15) is 19.5 Å². The standard InChI is InChI=1S/C31H30N2O9/c34-25-24(33-27(35)21-13-7-8-14-22(21)28(33)36)30(38-16-15-32-31(37)40-17-19-9-3-1-4-10-19)41-23-18-39-29(42-26(23)25)20-11-5-2-6-12-20/h1-14,23-26,29-30,34H,15-18H2,(H,32,37)/t23-,24-,25-,26-,29?,30-/m1/s1. The maximum absolute atomic E-state index is 13.4. The van der Waals surface area contributed by atoms with Gasteiger partial charge in [-0.05, 0) is 17.7 Å². The molecule has 0 spiro atoms. The van der Waals surface area contributed by atoms with Crippen LogP contribution in [0.1, 0.15) is 38.1 Å². The number of rotatable bonds is 8. The van der Waals surface area contributed by atoms with Gasteiger partial charge in [0, 0.05) is 12.1 Å². The molecule has 0 aliphatic carbocycles. The van der Waals surface area contributed by atoms with E-state index in [1.165, 1.54) is 0 Å². The van der Waals surface area contributed by atoms with Crippen molar-refractivity contribution < 1.29 is 43.2 Å². The molecule has 11 heteroatoms. The van der Waals surface area contributed by atoms with E-state index in [2.05, 4.69) is 5.32 Å². The van der Waals surface area contributed by atoms with Gasteiger partial charge in [-0.25, -0.2) is 4.79 Å². The molecule has 0 radical (unpaired) electrons. The Morgan fingerprint density at radius 3 is 2.24 bits per heavy atom. The minimum Gasteiger partial charge on any atom is -0.445 e. The summed E-state index contributed by atoms with van der Waals surface area (Å²) in [6.07, 6.45) is -5.62. The lowest BCUT2D eigenvalue weighted by Crippen LogP contribution is -2.67. The number of fused-ring (bicyclic) bond motifs is 2. The monoisotopic (exact) mass is 574 g/mol. The average Bonchev–Trinajstić information content (AvgIpc) is 3.28. The fourth-order valence-corrected chi connectivity index (χ4v) is 5.35. The predicted molar refractivity (Wildman–Crippen MR) is 146 cm³/mol. The van der Waals surface area contributed by atoms with Crippen molar-refractivity contribution in [1.82, 2.24) is 10.2 Å². The summed E-state index contributed by atoms with van der Waals surface area (Å²) in [6, 6.07) is 23.7. The Hall–Kier alpha value is -4.13. The number of amides is 3. The molecule has 11 nitrogen and oxygen atoms in total. The molecule has 3 amide bonds. The van der Waals surface area contributed by atoms with Crippen molar-refractivity contribution in [3.63, 3.8) is 0 Å². The van der Waals surface area contributed by atoms with E-state index < -0.39 is 54.8 Å². The molecule has 2 fully saturated rings. The van der Waals surface area contributed by atoms with Gasteiger partial charge in [0.2, 0.25) is 0 Å². The lowest BCUT2D eigenvalue weighted by Gasteiger charge is -2.49. The Morgan fingerprint density at radius 2 is 1.55 bits per heavy atom. The Kier molecular flexibility index (Phi) is 8.27. The maximum Gasteiger partial charge on any atom is 0.407 e. The molecule has 2 N–H and O–H groups in total. The number of aliphatic hydroxyl groups excluding tert-OH is 1. The highest BCUT2D eigenvalue weighted by molar-refractivity contribution is 6.21. The van der Waals surface area contributed by atoms with Gasteiger partial charge >= 0.3 is 6.09 Å². The van der Waals surface area contributed by atoms with E-state index in [0.29, 0.717) is 0 Å². The third-order valence-electron chi connectivity index (χ3n) is 7.39. The van der Waals surface area contributed by atoms with Crippen LogP contribution in [0.5, 0.6) is 0 Å². The van der Waals surface area contributed by atoms with Crippen molar-refractivity contribution in [2.24, 2.45) is 0 Å². The minimum absolute atomic E-state index is 0.0512. The molecule has 3 aromatic carbocycles. The molecule has 2 saturated heterocycles. The van der Waals surface area contributed by atoms with Crippen LogP contribution in [-0.4, -0.2) is 78.3 Å². The van der Waals surface area contributed by atoms with Gasteiger partial charge in [0.15, 0.2) is 12.6 Å². The Balaban J connectivity index is 1.15. The van der Waals surface area contributed by atoms with Crippen LogP contribution >= 0.6 is 0 Å². The highest BCUT2D eigenvalue weighted by Gasteiger charge is 2.55. The number of alkyl carbamates (subject to hydrolysis) is 1. The molecular formula is C31H30N2O9. The summed E-state index contributed by atoms with van der Waals surface area (Å²) in [4.78, 5) is 39.9. The number of ether oxygens (including phenoxy) is 5. The summed E-state index contributed by atoms with van der Waals surface area (Å²) >= 11 is 0. The maximum atomic E-state index is 13.4. The Morgan fingerprint density at radius 1 is 0.905 bits per heavy atom. The topological polar surface area (TPSA) is 133 Å². The van der Waals surface area contributed by atoms with E-state index in [0.717, 1.165) is 16.0 Å². The van der Waals surface area contributed by atoms with Gasteiger partial charge in [-0.15, -0.1) is 0 Å². The second kappa shape index (κ2) is 12.4. The number of hydrogen-bond donors (Lipinski definition) is 2. The molecule has 3 aromatic rings. The van der Waals surface area contributed by atoms with Gasteiger partial charge in [0.05, 0.1) is 24.3 Å². The summed E-state index contributed by atoms with van der Waals surface area (Å²) in [5, 5.41) is 14.2. The smallest absolute Gasteiger partial charge is 0.407 e. The van der Waals surface area contributed by atoms with Crippen LogP contribution in [0.25, 0.3) is 0 Å². The summed E-state index contributed by atoms with van der Waals surface area (Å²) < 4.78 is 29.3. The minimum atomic E-state index is -1.35. The van der Waals surface area contributed by atoms with E-state index >= 15 is 0 Å². The van der Waals surface area contributed by atoms with Crippen molar-refractivity contribution in [2.45, 2.75) is 43.5 Å². The van der Waals surface area contributed by atoms with Crippen molar-refractivity contribution >= 4 is 17.9 Å². The highest BCUT2D eigenvalue weighted by atomic mass is 16.7. The van der Waals surface area contributed by atoms with Crippen molar-refractivity contribution in [3.05, 3.63) is 107 Å². The molecule has 3 aliphatic rings. The Labute approximate surface area is 241 Å². The molecule has 218 valence electrons. The zero-order valence-corrected chi connectivity index (χ0v) is 22.5. The van der Waals surface area contributed by atoms with E-state index in [1.54, 1.807) is 24.3 Å². The van der Waals surface area contributed by atoms with Gasteiger partial charge in [-0.2, -0.15) is 0 Å². The van der Waals surface area contributed by atoms with Gasteiger partial charge in [-0.3, -0.25) is 14.5 Å². The average molecular weight is 575 g/mol. The molecular weight excluding hydrogens is 544 g/mol. The largest absolute Gasteiger partial charge is 0.445 e. The van der Waals surface area contributed by atoms with Crippen molar-refractivity contribution in [3.8, 4) is 0 Å². The second-order valence-corrected chi connectivity index (χ2v) is 10.1. The summed E-state index contributed by atoms with van der Waals surface area (Å²) in [5.74, 6) is -1.13. The zero-order valence-electron chi connectivity index (χ0n) is 22.5. The summed E-state index contributed by atoms with van der Waals surface area (Å²) in [5.41, 5.74) is 2.06. The lowest BCUT2D eigenvalue weighted by molar-refractivity contribution is -0.348. The van der Waals surface area contributed by atoms with E-state index in [-0.39, 0.29) is 37.5 Å². The Bertz CT molecular complexity index is 1390. The number of imide groups is 1.